The van der Waals surface area contributed by atoms with Crippen molar-refractivity contribution in [3.63, 3.8) is 0 Å². The Hall–Kier alpha value is -1.71. The number of aromatic nitrogens is 1. The molecule has 102 valence electrons. The lowest BCUT2D eigenvalue weighted by molar-refractivity contribution is 0.500. The quantitative estimate of drug-likeness (QED) is 0.749. The molecule has 0 bridgehead atoms. The predicted octanol–water partition coefficient (Wildman–Crippen LogP) is 4.71. The highest BCUT2D eigenvalue weighted by atomic mass is 32.1. The van der Waals surface area contributed by atoms with Gasteiger partial charge in [-0.1, -0.05) is 18.2 Å². The molecule has 0 saturated heterocycles. The van der Waals surface area contributed by atoms with E-state index in [9.17, 15) is 0 Å². The van der Waals surface area contributed by atoms with Crippen molar-refractivity contribution < 1.29 is 0 Å². The van der Waals surface area contributed by atoms with Crippen LogP contribution in [0.4, 0.5) is 0 Å². The van der Waals surface area contributed by atoms with E-state index in [1.165, 1.54) is 20.5 Å². The van der Waals surface area contributed by atoms with Crippen molar-refractivity contribution in [3.05, 3.63) is 65.3 Å². The van der Waals surface area contributed by atoms with Gasteiger partial charge in [0.25, 0.3) is 0 Å². The highest BCUT2D eigenvalue weighted by Crippen LogP contribution is 2.30. The summed E-state index contributed by atoms with van der Waals surface area (Å²) in [5.41, 5.74) is 1.27. The first-order chi connectivity index (χ1) is 9.74. The molecule has 2 heterocycles. The second-order valence-electron chi connectivity index (χ2n) is 5.08. The second kappa shape index (κ2) is 5.73. The molecule has 3 aromatic rings. The van der Waals surface area contributed by atoms with Crippen LogP contribution in [0.5, 0.6) is 0 Å². The Morgan fingerprint density at radius 1 is 1.00 bits per heavy atom. The van der Waals surface area contributed by atoms with Crippen LogP contribution in [0.1, 0.15) is 36.4 Å². The van der Waals surface area contributed by atoms with E-state index >= 15 is 0 Å². The van der Waals surface area contributed by atoms with E-state index in [1.807, 2.05) is 23.7 Å². The number of thiophene rings is 1. The monoisotopic (exact) mass is 282 g/mol. The Labute approximate surface area is 123 Å². The maximum atomic E-state index is 4.07. The number of fused-ring (bicyclic) bond motifs is 1. The predicted molar refractivity (Wildman–Crippen MR) is 86.0 cm³/mol. The molecular formula is C17H18N2S. The summed E-state index contributed by atoms with van der Waals surface area (Å²) in [5, 5.41) is 4.99. The summed E-state index contributed by atoms with van der Waals surface area (Å²) in [5.74, 6) is 0. The summed E-state index contributed by atoms with van der Waals surface area (Å²) in [6.45, 7) is 4.42. The van der Waals surface area contributed by atoms with E-state index in [-0.39, 0.29) is 0 Å². The van der Waals surface area contributed by atoms with E-state index < -0.39 is 0 Å². The van der Waals surface area contributed by atoms with Gasteiger partial charge in [0, 0.05) is 34.1 Å². The minimum Gasteiger partial charge on any atom is -0.303 e. The van der Waals surface area contributed by atoms with Crippen molar-refractivity contribution in [3.8, 4) is 0 Å². The summed E-state index contributed by atoms with van der Waals surface area (Å²) in [6, 6.07) is 15.6. The van der Waals surface area contributed by atoms with Gasteiger partial charge in [-0.05, 0) is 49.1 Å². The molecule has 2 nitrogen and oxygen atoms in total. The van der Waals surface area contributed by atoms with Crippen molar-refractivity contribution >= 4 is 21.4 Å². The Balaban J connectivity index is 1.77. The van der Waals surface area contributed by atoms with Gasteiger partial charge < -0.3 is 5.32 Å². The van der Waals surface area contributed by atoms with Crippen LogP contribution in [0.2, 0.25) is 0 Å². The van der Waals surface area contributed by atoms with E-state index in [1.54, 1.807) is 0 Å². The van der Waals surface area contributed by atoms with Crippen LogP contribution >= 0.6 is 11.3 Å². The zero-order valence-electron chi connectivity index (χ0n) is 11.7. The molecule has 0 amide bonds. The largest absolute Gasteiger partial charge is 0.303 e. The van der Waals surface area contributed by atoms with E-state index in [4.69, 9.17) is 0 Å². The number of nitrogens with one attached hydrogen (secondary N) is 1. The Kier molecular flexibility index (Phi) is 3.81. The summed E-state index contributed by atoms with van der Waals surface area (Å²) in [7, 11) is 0. The molecule has 0 aliphatic carbocycles. The number of pyridine rings is 1. The van der Waals surface area contributed by atoms with Gasteiger partial charge in [-0.15, -0.1) is 11.3 Å². The van der Waals surface area contributed by atoms with Gasteiger partial charge in [0.2, 0.25) is 0 Å². The van der Waals surface area contributed by atoms with Gasteiger partial charge in [0.15, 0.2) is 0 Å². The zero-order chi connectivity index (χ0) is 13.9. The summed E-state index contributed by atoms with van der Waals surface area (Å²) in [4.78, 5) is 5.45. The standard InChI is InChI=1S/C17H18N2S/c1-12(14-7-9-18-10-8-14)19-13(2)17-11-15-5-3-4-6-16(15)20-17/h3-13,19H,1-2H3/t12-,13?/m1/s1. The summed E-state index contributed by atoms with van der Waals surface area (Å²) < 4.78 is 1.35. The summed E-state index contributed by atoms with van der Waals surface area (Å²) in [6.07, 6.45) is 3.69. The second-order valence-corrected chi connectivity index (χ2v) is 6.19. The highest BCUT2D eigenvalue weighted by Gasteiger charge is 2.13. The maximum absolute atomic E-state index is 4.07. The lowest BCUT2D eigenvalue weighted by Crippen LogP contribution is -2.21. The number of hydrogen-bond donors (Lipinski definition) is 1. The van der Waals surface area contributed by atoms with E-state index in [0.29, 0.717) is 12.1 Å². The molecule has 3 rings (SSSR count). The number of rotatable bonds is 4. The van der Waals surface area contributed by atoms with Crippen LogP contribution < -0.4 is 5.32 Å². The average molecular weight is 282 g/mol. The first kappa shape index (κ1) is 13.3. The SMILES string of the molecule is CC(N[C@H](C)c1ccncc1)c1cc2ccccc2s1. The molecule has 1 aromatic carbocycles. The molecule has 20 heavy (non-hydrogen) atoms. The molecule has 2 aromatic heterocycles. The van der Waals surface area contributed by atoms with Gasteiger partial charge >= 0.3 is 0 Å². The molecule has 0 radical (unpaired) electrons. The van der Waals surface area contributed by atoms with Crippen LogP contribution in [0.3, 0.4) is 0 Å². The fraction of sp³-hybridized carbons (Fsp3) is 0.235. The number of benzene rings is 1. The minimum absolute atomic E-state index is 0.318. The van der Waals surface area contributed by atoms with Crippen LogP contribution in [-0.4, -0.2) is 4.98 Å². The van der Waals surface area contributed by atoms with Crippen LogP contribution in [-0.2, 0) is 0 Å². The fourth-order valence-electron chi connectivity index (χ4n) is 2.42. The molecule has 0 fully saturated rings. The van der Waals surface area contributed by atoms with Crippen molar-refractivity contribution in [2.45, 2.75) is 25.9 Å². The smallest absolute Gasteiger partial charge is 0.0391 e. The van der Waals surface area contributed by atoms with Crippen molar-refractivity contribution in [2.24, 2.45) is 0 Å². The highest BCUT2D eigenvalue weighted by molar-refractivity contribution is 7.19. The van der Waals surface area contributed by atoms with E-state index in [2.05, 4.69) is 66.6 Å². The Morgan fingerprint density at radius 3 is 2.50 bits per heavy atom. The average Bonchev–Trinajstić information content (AvgIpc) is 2.92. The maximum Gasteiger partial charge on any atom is 0.0391 e. The minimum atomic E-state index is 0.318. The first-order valence-electron chi connectivity index (χ1n) is 6.88. The van der Waals surface area contributed by atoms with Crippen LogP contribution in [0, 0.1) is 0 Å². The lowest BCUT2D eigenvalue weighted by atomic mass is 10.1. The zero-order valence-corrected chi connectivity index (χ0v) is 12.5. The normalized spacial score (nSPS) is 14.3. The Morgan fingerprint density at radius 2 is 1.75 bits per heavy atom. The van der Waals surface area contributed by atoms with Gasteiger partial charge in [-0.2, -0.15) is 0 Å². The van der Waals surface area contributed by atoms with E-state index in [0.717, 1.165) is 0 Å². The molecule has 1 N–H and O–H groups in total. The number of nitrogens with zero attached hydrogens (tertiary/aromatic N) is 1. The summed E-state index contributed by atoms with van der Waals surface area (Å²) >= 11 is 1.87. The topological polar surface area (TPSA) is 24.9 Å². The lowest BCUT2D eigenvalue weighted by Gasteiger charge is -2.19. The number of hydrogen-bond acceptors (Lipinski definition) is 3. The van der Waals surface area contributed by atoms with Crippen molar-refractivity contribution in [1.29, 1.82) is 0 Å². The van der Waals surface area contributed by atoms with Crippen LogP contribution in [0.25, 0.3) is 10.1 Å². The molecule has 3 heteroatoms. The molecular weight excluding hydrogens is 264 g/mol. The third-order valence-electron chi connectivity index (χ3n) is 3.58. The van der Waals surface area contributed by atoms with Gasteiger partial charge in [-0.3, -0.25) is 4.98 Å². The van der Waals surface area contributed by atoms with Gasteiger partial charge in [-0.25, -0.2) is 0 Å². The first-order valence-corrected chi connectivity index (χ1v) is 7.70. The molecule has 0 saturated carbocycles. The van der Waals surface area contributed by atoms with Crippen LogP contribution in [0.15, 0.2) is 54.9 Å². The third-order valence-corrected chi connectivity index (χ3v) is 4.88. The van der Waals surface area contributed by atoms with Crippen molar-refractivity contribution in [1.82, 2.24) is 10.3 Å². The molecule has 0 aliphatic rings. The van der Waals surface area contributed by atoms with Gasteiger partial charge in [0.05, 0.1) is 0 Å². The fourth-order valence-corrected chi connectivity index (χ4v) is 3.50. The molecule has 2 atom stereocenters. The molecule has 1 unspecified atom stereocenters. The Bertz CT molecular complexity index is 657. The molecule has 0 aliphatic heterocycles. The third kappa shape index (κ3) is 2.74. The van der Waals surface area contributed by atoms with Crippen molar-refractivity contribution in [2.75, 3.05) is 0 Å². The molecule has 0 spiro atoms. The van der Waals surface area contributed by atoms with Gasteiger partial charge in [0.1, 0.15) is 0 Å².